The Balaban J connectivity index is 1.65. The first kappa shape index (κ1) is 13.6. The molecule has 21 heavy (non-hydrogen) atoms. The Hall–Kier alpha value is -2.37. The molecule has 0 aliphatic carbocycles. The number of aryl methyl sites for hydroxylation is 1. The molecule has 6 nitrogen and oxygen atoms in total. The van der Waals surface area contributed by atoms with Crippen molar-refractivity contribution in [2.24, 2.45) is 0 Å². The van der Waals surface area contributed by atoms with E-state index in [0.29, 0.717) is 6.42 Å². The molecule has 110 valence electrons. The molecule has 1 aromatic rings. The van der Waals surface area contributed by atoms with Crippen molar-refractivity contribution >= 4 is 23.4 Å². The Bertz CT molecular complexity index is 614. The molecule has 2 unspecified atom stereocenters. The van der Waals surface area contributed by atoms with Gasteiger partial charge in [0.15, 0.2) is 0 Å². The van der Waals surface area contributed by atoms with Crippen LogP contribution in [0.5, 0.6) is 0 Å². The number of anilines is 1. The van der Waals surface area contributed by atoms with Crippen LogP contribution in [-0.4, -0.2) is 41.8 Å². The van der Waals surface area contributed by atoms with Crippen molar-refractivity contribution in [1.82, 2.24) is 10.2 Å². The molecule has 2 aliphatic rings. The second-order valence-electron chi connectivity index (χ2n) is 5.45. The van der Waals surface area contributed by atoms with Gasteiger partial charge < -0.3 is 10.6 Å². The van der Waals surface area contributed by atoms with Gasteiger partial charge in [-0.2, -0.15) is 0 Å². The molecule has 3 amide bonds. The third kappa shape index (κ3) is 2.49. The molecule has 1 saturated heterocycles. The number of likely N-dealkylation sites (N-methyl/N-ethyl adjacent to an activating group) is 1. The summed E-state index contributed by atoms with van der Waals surface area (Å²) in [6.45, 7) is 0. The molecule has 1 aromatic carbocycles. The van der Waals surface area contributed by atoms with Crippen LogP contribution in [-0.2, 0) is 20.8 Å². The van der Waals surface area contributed by atoms with Gasteiger partial charge in [-0.15, -0.1) is 0 Å². The number of benzene rings is 1. The minimum atomic E-state index is -0.728. The normalized spacial score (nSPS) is 24.5. The summed E-state index contributed by atoms with van der Waals surface area (Å²) in [5.41, 5.74) is 2.14. The number of nitrogens with zero attached hydrogens (tertiary/aromatic N) is 1. The Morgan fingerprint density at radius 1 is 1.33 bits per heavy atom. The average Bonchev–Trinajstić information content (AvgIpc) is 2.74. The maximum absolute atomic E-state index is 12.3. The van der Waals surface area contributed by atoms with Gasteiger partial charge in [-0.3, -0.25) is 19.3 Å². The molecule has 1 fully saturated rings. The number of carbonyl (C=O) groups is 3. The Morgan fingerprint density at radius 2 is 2.10 bits per heavy atom. The molecule has 2 aliphatic heterocycles. The Kier molecular flexibility index (Phi) is 3.37. The van der Waals surface area contributed by atoms with Crippen molar-refractivity contribution in [2.75, 3.05) is 12.4 Å². The molecule has 0 aromatic heterocycles. The van der Waals surface area contributed by atoms with Crippen LogP contribution < -0.4 is 10.6 Å². The third-order valence-corrected chi connectivity index (χ3v) is 4.06. The van der Waals surface area contributed by atoms with Gasteiger partial charge in [0.1, 0.15) is 12.1 Å². The summed E-state index contributed by atoms with van der Waals surface area (Å²) in [6, 6.07) is 6.76. The van der Waals surface area contributed by atoms with E-state index in [0.717, 1.165) is 17.0 Å². The first-order valence-corrected chi connectivity index (χ1v) is 7.01. The smallest absolute Gasteiger partial charge is 0.252 e. The molecule has 0 saturated carbocycles. The van der Waals surface area contributed by atoms with E-state index in [-0.39, 0.29) is 30.2 Å². The number of rotatable bonds is 2. The number of nitrogens with one attached hydrogen (secondary N) is 2. The molecule has 6 heteroatoms. The zero-order valence-electron chi connectivity index (χ0n) is 11.8. The second-order valence-corrected chi connectivity index (χ2v) is 5.45. The lowest BCUT2D eigenvalue weighted by molar-refractivity contribution is -0.138. The fourth-order valence-corrected chi connectivity index (χ4v) is 2.78. The van der Waals surface area contributed by atoms with Gasteiger partial charge in [-0.1, -0.05) is 18.2 Å². The summed E-state index contributed by atoms with van der Waals surface area (Å²) in [4.78, 5) is 36.6. The largest absolute Gasteiger partial charge is 0.373 e. The minimum Gasteiger partial charge on any atom is -0.373 e. The monoisotopic (exact) mass is 287 g/mol. The van der Waals surface area contributed by atoms with Crippen LogP contribution >= 0.6 is 0 Å². The molecule has 2 heterocycles. The standard InChI is InChI=1S/C15H17N3O3/c1-18-13(19)8-12(15(18)21)17-14(20)11-7-6-9-4-2-3-5-10(9)16-11/h2-5,11-12,16H,6-8H2,1H3,(H,17,20). The van der Waals surface area contributed by atoms with Gasteiger partial charge in [0.05, 0.1) is 6.42 Å². The third-order valence-electron chi connectivity index (χ3n) is 4.06. The molecule has 2 atom stereocenters. The predicted molar refractivity (Wildman–Crippen MR) is 76.5 cm³/mol. The van der Waals surface area contributed by atoms with Crippen molar-refractivity contribution < 1.29 is 14.4 Å². The molecule has 0 bridgehead atoms. The number of para-hydroxylation sites is 1. The molecule has 2 N–H and O–H groups in total. The number of carbonyl (C=O) groups excluding carboxylic acids is 3. The number of likely N-dealkylation sites (tertiary alicyclic amines) is 1. The lowest BCUT2D eigenvalue weighted by atomic mass is 9.97. The van der Waals surface area contributed by atoms with Crippen LogP contribution in [0.3, 0.4) is 0 Å². The molecular weight excluding hydrogens is 270 g/mol. The molecule has 3 rings (SSSR count). The highest BCUT2D eigenvalue weighted by molar-refractivity contribution is 6.07. The van der Waals surface area contributed by atoms with Crippen molar-refractivity contribution in [2.45, 2.75) is 31.3 Å². The van der Waals surface area contributed by atoms with E-state index < -0.39 is 6.04 Å². The summed E-state index contributed by atoms with van der Waals surface area (Å²) >= 11 is 0. The van der Waals surface area contributed by atoms with E-state index >= 15 is 0 Å². The van der Waals surface area contributed by atoms with E-state index in [9.17, 15) is 14.4 Å². The number of hydrogen-bond donors (Lipinski definition) is 2. The van der Waals surface area contributed by atoms with E-state index in [4.69, 9.17) is 0 Å². The van der Waals surface area contributed by atoms with Crippen LogP contribution in [0.1, 0.15) is 18.4 Å². The first-order valence-electron chi connectivity index (χ1n) is 7.01. The zero-order valence-corrected chi connectivity index (χ0v) is 11.8. The van der Waals surface area contributed by atoms with Crippen LogP contribution in [0.15, 0.2) is 24.3 Å². The summed E-state index contributed by atoms with van der Waals surface area (Å²) < 4.78 is 0. The van der Waals surface area contributed by atoms with Crippen LogP contribution in [0.4, 0.5) is 5.69 Å². The van der Waals surface area contributed by atoms with E-state index in [2.05, 4.69) is 10.6 Å². The summed E-state index contributed by atoms with van der Waals surface area (Å²) in [6.07, 6.45) is 1.54. The van der Waals surface area contributed by atoms with Crippen molar-refractivity contribution in [3.8, 4) is 0 Å². The summed E-state index contributed by atoms with van der Waals surface area (Å²) in [5, 5.41) is 5.86. The highest BCUT2D eigenvalue weighted by atomic mass is 16.2. The summed E-state index contributed by atoms with van der Waals surface area (Å²) in [7, 11) is 1.44. The highest BCUT2D eigenvalue weighted by Crippen LogP contribution is 2.24. The van der Waals surface area contributed by atoms with E-state index in [1.54, 1.807) is 0 Å². The quantitative estimate of drug-likeness (QED) is 0.766. The molecule has 0 radical (unpaired) electrons. The topological polar surface area (TPSA) is 78.5 Å². The lowest BCUT2D eigenvalue weighted by Crippen LogP contribution is -2.48. The zero-order chi connectivity index (χ0) is 15.0. The van der Waals surface area contributed by atoms with Crippen molar-refractivity contribution in [3.05, 3.63) is 29.8 Å². The number of hydrogen-bond acceptors (Lipinski definition) is 4. The Morgan fingerprint density at radius 3 is 2.81 bits per heavy atom. The van der Waals surface area contributed by atoms with E-state index in [1.165, 1.54) is 12.6 Å². The Labute approximate surface area is 122 Å². The predicted octanol–water partition coefficient (Wildman–Crippen LogP) is 0.287. The van der Waals surface area contributed by atoms with E-state index in [1.807, 2.05) is 24.3 Å². The van der Waals surface area contributed by atoms with Crippen LogP contribution in [0.25, 0.3) is 0 Å². The minimum absolute atomic E-state index is 0.0460. The fourth-order valence-electron chi connectivity index (χ4n) is 2.78. The van der Waals surface area contributed by atoms with Gasteiger partial charge in [0.25, 0.3) is 5.91 Å². The molecular formula is C15H17N3O3. The molecule has 0 spiro atoms. The highest BCUT2D eigenvalue weighted by Gasteiger charge is 2.38. The van der Waals surface area contributed by atoms with Crippen LogP contribution in [0, 0.1) is 0 Å². The van der Waals surface area contributed by atoms with Gasteiger partial charge in [-0.25, -0.2) is 0 Å². The van der Waals surface area contributed by atoms with Crippen LogP contribution in [0.2, 0.25) is 0 Å². The second kappa shape index (κ2) is 5.20. The van der Waals surface area contributed by atoms with Crippen molar-refractivity contribution in [1.29, 1.82) is 0 Å². The van der Waals surface area contributed by atoms with Gasteiger partial charge >= 0.3 is 0 Å². The average molecular weight is 287 g/mol. The summed E-state index contributed by atoms with van der Waals surface area (Å²) in [5.74, 6) is -0.831. The van der Waals surface area contributed by atoms with Gasteiger partial charge in [0.2, 0.25) is 11.8 Å². The number of imide groups is 1. The fraction of sp³-hybridized carbons (Fsp3) is 0.400. The van der Waals surface area contributed by atoms with Gasteiger partial charge in [0, 0.05) is 12.7 Å². The number of amides is 3. The van der Waals surface area contributed by atoms with Crippen molar-refractivity contribution in [3.63, 3.8) is 0 Å². The maximum atomic E-state index is 12.3. The lowest BCUT2D eigenvalue weighted by Gasteiger charge is -2.26. The SMILES string of the molecule is CN1C(=O)CC(NC(=O)C2CCc3ccccc3N2)C1=O. The number of fused-ring (bicyclic) bond motifs is 1. The maximum Gasteiger partial charge on any atom is 0.252 e. The van der Waals surface area contributed by atoms with Gasteiger partial charge in [-0.05, 0) is 24.5 Å². The first-order chi connectivity index (χ1) is 10.1.